The molecule has 15 heavy (non-hydrogen) atoms. The Morgan fingerprint density at radius 1 is 1.67 bits per heavy atom. The number of nitrogens with two attached hydrogens (primary N) is 1. The first-order valence-electron chi connectivity index (χ1n) is 5.15. The Bertz CT molecular complexity index is 335. The number of hydrogen-bond donors (Lipinski definition) is 1. The molecule has 1 aromatic heterocycles. The first-order chi connectivity index (χ1) is 7.11. The van der Waals surface area contributed by atoms with Crippen LogP contribution in [0.2, 0.25) is 0 Å². The minimum atomic E-state index is 0.0831. The summed E-state index contributed by atoms with van der Waals surface area (Å²) in [6.45, 7) is 4.51. The lowest BCUT2D eigenvalue weighted by Crippen LogP contribution is -2.39. The highest BCUT2D eigenvalue weighted by Gasteiger charge is 2.19. The zero-order valence-electron chi connectivity index (χ0n) is 9.49. The Balaban J connectivity index is 2.84. The molecular weight excluding hydrogens is 208 g/mol. The Hall–Kier alpha value is -0.870. The highest BCUT2D eigenvalue weighted by atomic mass is 32.1. The summed E-state index contributed by atoms with van der Waals surface area (Å²) in [5, 5.41) is 1.97. The molecule has 1 unspecified atom stereocenters. The predicted molar refractivity (Wildman–Crippen MR) is 64.3 cm³/mol. The van der Waals surface area contributed by atoms with E-state index in [-0.39, 0.29) is 11.9 Å². The van der Waals surface area contributed by atoms with Gasteiger partial charge in [-0.3, -0.25) is 4.79 Å². The summed E-state index contributed by atoms with van der Waals surface area (Å²) in [5.74, 6) is 0.0831. The van der Waals surface area contributed by atoms with Crippen molar-refractivity contribution in [3.8, 4) is 0 Å². The van der Waals surface area contributed by atoms with Crippen LogP contribution < -0.4 is 5.73 Å². The van der Waals surface area contributed by atoms with Crippen LogP contribution >= 0.6 is 11.3 Å². The second-order valence-electron chi connectivity index (χ2n) is 3.63. The predicted octanol–water partition coefficient (Wildman–Crippen LogP) is 1.73. The van der Waals surface area contributed by atoms with Crippen LogP contribution in [0, 0.1) is 0 Å². The number of amides is 1. The lowest BCUT2D eigenvalue weighted by Gasteiger charge is -2.23. The van der Waals surface area contributed by atoms with Gasteiger partial charge in [0.25, 0.3) is 5.91 Å². The molecule has 1 amide bonds. The number of aryl methyl sites for hydroxylation is 1. The normalized spacial score (nSPS) is 12.5. The number of likely N-dealkylation sites (N-methyl/N-ethyl adjacent to an activating group) is 1. The van der Waals surface area contributed by atoms with E-state index in [4.69, 9.17) is 5.73 Å². The minimum absolute atomic E-state index is 0.0831. The van der Waals surface area contributed by atoms with E-state index in [0.29, 0.717) is 6.54 Å². The summed E-state index contributed by atoms with van der Waals surface area (Å²) in [6.07, 6.45) is 0.898. The molecule has 0 saturated carbocycles. The van der Waals surface area contributed by atoms with Gasteiger partial charge in [0.15, 0.2) is 0 Å². The molecule has 1 rings (SSSR count). The number of hydrogen-bond acceptors (Lipinski definition) is 3. The molecule has 0 aliphatic heterocycles. The molecule has 4 heteroatoms. The van der Waals surface area contributed by atoms with Gasteiger partial charge in [-0.25, -0.2) is 0 Å². The Labute approximate surface area is 94.9 Å². The summed E-state index contributed by atoms with van der Waals surface area (Å²) >= 11 is 1.51. The van der Waals surface area contributed by atoms with Gasteiger partial charge >= 0.3 is 0 Å². The van der Waals surface area contributed by atoms with E-state index in [9.17, 15) is 4.79 Å². The molecule has 0 fully saturated rings. The molecule has 0 aromatic carbocycles. The van der Waals surface area contributed by atoms with Crippen LogP contribution in [0.1, 0.15) is 29.1 Å². The maximum Gasteiger partial charge on any atom is 0.264 e. The van der Waals surface area contributed by atoms with E-state index < -0.39 is 0 Å². The molecule has 0 radical (unpaired) electrons. The van der Waals surface area contributed by atoms with Crippen molar-refractivity contribution in [3.05, 3.63) is 21.9 Å². The van der Waals surface area contributed by atoms with Gasteiger partial charge in [-0.15, -0.1) is 11.3 Å². The molecule has 0 bridgehead atoms. The third-order valence-corrected chi connectivity index (χ3v) is 3.59. The van der Waals surface area contributed by atoms with E-state index in [1.54, 1.807) is 11.9 Å². The fourth-order valence-electron chi connectivity index (χ4n) is 1.32. The molecule has 84 valence electrons. The fourth-order valence-corrected chi connectivity index (χ4v) is 2.30. The molecule has 0 aliphatic carbocycles. The van der Waals surface area contributed by atoms with E-state index >= 15 is 0 Å². The van der Waals surface area contributed by atoms with Gasteiger partial charge < -0.3 is 10.6 Å². The smallest absolute Gasteiger partial charge is 0.264 e. The van der Waals surface area contributed by atoms with Crippen molar-refractivity contribution < 1.29 is 4.79 Å². The lowest BCUT2D eigenvalue weighted by atomic mass is 10.2. The number of thiophene rings is 1. The number of carbonyl (C=O) groups excluding carboxylic acids is 1. The number of nitrogens with zero attached hydrogens (tertiary/aromatic N) is 1. The summed E-state index contributed by atoms with van der Waals surface area (Å²) in [4.78, 5) is 14.6. The van der Waals surface area contributed by atoms with Crippen molar-refractivity contribution >= 4 is 17.2 Å². The van der Waals surface area contributed by atoms with Gasteiger partial charge in [-0.2, -0.15) is 0 Å². The Kier molecular flexibility index (Phi) is 4.29. The van der Waals surface area contributed by atoms with Crippen LogP contribution in [0.15, 0.2) is 11.4 Å². The first kappa shape index (κ1) is 12.2. The lowest BCUT2D eigenvalue weighted by molar-refractivity contribution is 0.0752. The molecule has 0 spiro atoms. The average molecular weight is 226 g/mol. The molecular formula is C11H18N2OS. The fraction of sp³-hybridized carbons (Fsp3) is 0.545. The minimum Gasteiger partial charge on any atom is -0.337 e. The third-order valence-electron chi connectivity index (χ3n) is 2.64. The van der Waals surface area contributed by atoms with Gasteiger partial charge in [0.1, 0.15) is 0 Å². The van der Waals surface area contributed by atoms with E-state index in [0.717, 1.165) is 16.9 Å². The number of carbonyl (C=O) groups is 1. The highest BCUT2D eigenvalue weighted by molar-refractivity contribution is 7.12. The van der Waals surface area contributed by atoms with Crippen LogP contribution in [0.3, 0.4) is 0 Å². The zero-order valence-corrected chi connectivity index (χ0v) is 10.3. The van der Waals surface area contributed by atoms with Crippen molar-refractivity contribution in [2.24, 2.45) is 5.73 Å². The van der Waals surface area contributed by atoms with Crippen molar-refractivity contribution in [2.75, 3.05) is 13.6 Å². The molecule has 2 N–H and O–H groups in total. The van der Waals surface area contributed by atoms with E-state index in [2.05, 4.69) is 6.92 Å². The molecule has 0 aliphatic rings. The van der Waals surface area contributed by atoms with Crippen LogP contribution in [0.4, 0.5) is 0 Å². The molecule has 0 saturated heterocycles. The maximum absolute atomic E-state index is 12.1. The first-order valence-corrected chi connectivity index (χ1v) is 6.03. The monoisotopic (exact) mass is 226 g/mol. The van der Waals surface area contributed by atoms with E-state index in [1.807, 2.05) is 18.4 Å². The van der Waals surface area contributed by atoms with Crippen LogP contribution in [-0.4, -0.2) is 30.4 Å². The maximum atomic E-state index is 12.1. The summed E-state index contributed by atoms with van der Waals surface area (Å²) in [5.41, 5.74) is 6.67. The summed E-state index contributed by atoms with van der Waals surface area (Å²) in [7, 11) is 1.80. The van der Waals surface area contributed by atoms with Gasteiger partial charge in [0.2, 0.25) is 0 Å². The molecule has 1 atom stereocenters. The van der Waals surface area contributed by atoms with Crippen molar-refractivity contribution in [1.29, 1.82) is 0 Å². The Morgan fingerprint density at radius 2 is 2.33 bits per heavy atom. The highest BCUT2D eigenvalue weighted by Crippen LogP contribution is 2.19. The topological polar surface area (TPSA) is 46.3 Å². The second-order valence-corrected chi connectivity index (χ2v) is 4.55. The van der Waals surface area contributed by atoms with Gasteiger partial charge in [-0.05, 0) is 30.4 Å². The van der Waals surface area contributed by atoms with Gasteiger partial charge in [-0.1, -0.05) is 6.92 Å². The number of rotatable bonds is 4. The van der Waals surface area contributed by atoms with Crippen LogP contribution in [0.5, 0.6) is 0 Å². The van der Waals surface area contributed by atoms with Crippen LogP contribution in [0.25, 0.3) is 0 Å². The zero-order chi connectivity index (χ0) is 11.4. The second kappa shape index (κ2) is 5.28. The summed E-state index contributed by atoms with van der Waals surface area (Å²) in [6, 6.07) is 2.10. The largest absolute Gasteiger partial charge is 0.337 e. The van der Waals surface area contributed by atoms with Crippen molar-refractivity contribution in [3.63, 3.8) is 0 Å². The van der Waals surface area contributed by atoms with E-state index in [1.165, 1.54) is 11.3 Å². The van der Waals surface area contributed by atoms with Gasteiger partial charge in [0, 0.05) is 19.6 Å². The third kappa shape index (κ3) is 2.58. The Morgan fingerprint density at radius 3 is 2.87 bits per heavy atom. The van der Waals surface area contributed by atoms with Crippen molar-refractivity contribution in [2.45, 2.75) is 26.3 Å². The molecule has 3 nitrogen and oxygen atoms in total. The standard InChI is InChI=1S/C11H18N2OS/c1-4-9-5-6-15-10(9)11(14)13(3)8(2)7-12/h5-6,8H,4,7,12H2,1-3H3. The summed E-state index contributed by atoms with van der Waals surface area (Å²) < 4.78 is 0. The van der Waals surface area contributed by atoms with Crippen molar-refractivity contribution in [1.82, 2.24) is 4.90 Å². The van der Waals surface area contributed by atoms with Crippen LogP contribution in [-0.2, 0) is 6.42 Å². The molecule has 1 aromatic rings. The molecule has 1 heterocycles. The SMILES string of the molecule is CCc1ccsc1C(=O)N(C)C(C)CN. The van der Waals surface area contributed by atoms with Gasteiger partial charge in [0.05, 0.1) is 4.88 Å². The quantitative estimate of drug-likeness (QED) is 0.850. The average Bonchev–Trinajstić information content (AvgIpc) is 2.73.